The molecule has 1 saturated heterocycles. The van der Waals surface area contributed by atoms with E-state index in [-0.39, 0.29) is 11.3 Å². The fraction of sp³-hybridized carbons (Fsp3) is 0.643. The molecule has 1 fully saturated rings. The molecule has 112 valence electrons. The van der Waals surface area contributed by atoms with Crippen LogP contribution in [0, 0.1) is 5.41 Å². The van der Waals surface area contributed by atoms with Crippen LogP contribution in [0.15, 0.2) is 12.3 Å². The van der Waals surface area contributed by atoms with Crippen LogP contribution >= 0.6 is 11.6 Å². The second-order valence-electron chi connectivity index (χ2n) is 5.52. The van der Waals surface area contributed by atoms with Crippen LogP contribution in [-0.4, -0.2) is 43.8 Å². The van der Waals surface area contributed by atoms with Crippen molar-refractivity contribution >= 4 is 17.5 Å². The first-order chi connectivity index (χ1) is 9.56. The number of nitrogens with one attached hydrogen (secondary N) is 2. The second kappa shape index (κ2) is 6.61. The van der Waals surface area contributed by atoms with Crippen LogP contribution < -0.4 is 10.6 Å². The lowest BCUT2D eigenvalue weighted by Crippen LogP contribution is -2.47. The summed E-state index contributed by atoms with van der Waals surface area (Å²) in [5.74, 6) is -0.0894. The molecule has 1 aliphatic heterocycles. The zero-order valence-electron chi connectivity index (χ0n) is 12.0. The minimum absolute atomic E-state index is 0.0324. The van der Waals surface area contributed by atoms with E-state index < -0.39 is 0 Å². The number of ether oxygens (including phenoxy) is 1. The highest BCUT2D eigenvalue weighted by Gasteiger charge is 2.32. The zero-order valence-corrected chi connectivity index (χ0v) is 12.8. The van der Waals surface area contributed by atoms with Gasteiger partial charge in [0.25, 0.3) is 5.91 Å². The standard InChI is InChI=1S/C14H22ClN3O2/c1-18-8-11(15)7-12(18)13(19)17-9-14(10-20-2)3-5-16-6-4-14/h7-8,16H,3-6,9-10H2,1-2H3,(H,17,19). The van der Waals surface area contributed by atoms with Gasteiger partial charge in [0.1, 0.15) is 5.69 Å². The molecular formula is C14H22ClN3O2. The van der Waals surface area contributed by atoms with E-state index in [0.717, 1.165) is 25.9 Å². The molecule has 0 unspecified atom stereocenters. The molecule has 20 heavy (non-hydrogen) atoms. The van der Waals surface area contributed by atoms with Crippen molar-refractivity contribution in [3.63, 3.8) is 0 Å². The predicted molar refractivity (Wildman–Crippen MR) is 79.2 cm³/mol. The summed E-state index contributed by atoms with van der Waals surface area (Å²) < 4.78 is 7.08. The van der Waals surface area contributed by atoms with Crippen LogP contribution in [0.3, 0.4) is 0 Å². The molecule has 5 nitrogen and oxygen atoms in total. The van der Waals surface area contributed by atoms with Crippen molar-refractivity contribution < 1.29 is 9.53 Å². The number of nitrogens with zero attached hydrogens (tertiary/aromatic N) is 1. The van der Waals surface area contributed by atoms with Gasteiger partial charge in [0.2, 0.25) is 0 Å². The van der Waals surface area contributed by atoms with Crippen molar-refractivity contribution in [1.29, 1.82) is 0 Å². The summed E-state index contributed by atoms with van der Waals surface area (Å²) in [5.41, 5.74) is 0.612. The minimum Gasteiger partial charge on any atom is -0.384 e. The first-order valence-electron chi connectivity index (χ1n) is 6.86. The Morgan fingerprint density at radius 2 is 2.25 bits per heavy atom. The number of aromatic nitrogens is 1. The van der Waals surface area contributed by atoms with Crippen molar-refractivity contribution in [2.75, 3.05) is 33.4 Å². The number of hydrogen-bond acceptors (Lipinski definition) is 3. The number of halogens is 1. The number of carbonyl (C=O) groups is 1. The maximum absolute atomic E-state index is 12.2. The molecule has 0 aliphatic carbocycles. The molecule has 1 aromatic heterocycles. The van der Waals surface area contributed by atoms with Gasteiger partial charge in [-0.3, -0.25) is 4.79 Å². The first-order valence-corrected chi connectivity index (χ1v) is 7.24. The van der Waals surface area contributed by atoms with E-state index in [0.29, 0.717) is 23.9 Å². The number of methoxy groups -OCH3 is 1. The normalized spacial score (nSPS) is 17.9. The second-order valence-corrected chi connectivity index (χ2v) is 5.96. The fourth-order valence-corrected chi connectivity index (χ4v) is 2.99. The SMILES string of the molecule is COCC1(CNC(=O)c2cc(Cl)cn2C)CCNCC1. The van der Waals surface area contributed by atoms with E-state index >= 15 is 0 Å². The van der Waals surface area contributed by atoms with Crippen LogP contribution in [0.2, 0.25) is 5.02 Å². The van der Waals surface area contributed by atoms with Gasteiger partial charge in [-0.15, -0.1) is 0 Å². The van der Waals surface area contributed by atoms with E-state index in [2.05, 4.69) is 10.6 Å². The largest absolute Gasteiger partial charge is 0.384 e. The Hall–Kier alpha value is -1.04. The number of rotatable bonds is 5. The zero-order chi connectivity index (χ0) is 14.6. The van der Waals surface area contributed by atoms with Gasteiger partial charge >= 0.3 is 0 Å². The Morgan fingerprint density at radius 3 is 2.80 bits per heavy atom. The maximum Gasteiger partial charge on any atom is 0.267 e. The van der Waals surface area contributed by atoms with Crippen LogP contribution in [0.1, 0.15) is 23.3 Å². The number of amides is 1. The lowest BCUT2D eigenvalue weighted by atomic mass is 9.79. The van der Waals surface area contributed by atoms with Crippen LogP contribution in [-0.2, 0) is 11.8 Å². The van der Waals surface area contributed by atoms with Gasteiger partial charge in [-0.2, -0.15) is 0 Å². The highest BCUT2D eigenvalue weighted by molar-refractivity contribution is 6.31. The molecule has 1 aliphatic rings. The fourth-order valence-electron chi connectivity index (χ4n) is 2.74. The van der Waals surface area contributed by atoms with Crippen LogP contribution in [0.25, 0.3) is 0 Å². The third-order valence-corrected chi connectivity index (χ3v) is 4.15. The van der Waals surface area contributed by atoms with Crippen molar-refractivity contribution in [2.45, 2.75) is 12.8 Å². The molecule has 1 amide bonds. The van der Waals surface area contributed by atoms with Crippen LogP contribution in [0.4, 0.5) is 0 Å². The van der Waals surface area contributed by atoms with Gasteiger partial charge in [-0.25, -0.2) is 0 Å². The molecule has 2 rings (SSSR count). The molecule has 0 bridgehead atoms. The summed E-state index contributed by atoms with van der Waals surface area (Å²) in [6, 6.07) is 1.68. The highest BCUT2D eigenvalue weighted by atomic mass is 35.5. The molecule has 6 heteroatoms. The minimum atomic E-state index is -0.0894. The Balaban J connectivity index is 1.98. The highest BCUT2D eigenvalue weighted by Crippen LogP contribution is 2.28. The van der Waals surface area contributed by atoms with E-state index in [9.17, 15) is 4.79 Å². The Morgan fingerprint density at radius 1 is 1.55 bits per heavy atom. The molecule has 0 radical (unpaired) electrons. The smallest absolute Gasteiger partial charge is 0.267 e. The van der Waals surface area contributed by atoms with E-state index in [1.807, 2.05) is 7.05 Å². The summed E-state index contributed by atoms with van der Waals surface area (Å²) in [4.78, 5) is 12.2. The van der Waals surface area contributed by atoms with Gasteiger partial charge in [-0.05, 0) is 32.0 Å². The summed E-state index contributed by atoms with van der Waals surface area (Å²) in [5, 5.41) is 6.94. The summed E-state index contributed by atoms with van der Waals surface area (Å²) >= 11 is 5.91. The van der Waals surface area contributed by atoms with Crippen molar-refractivity contribution in [3.05, 3.63) is 23.0 Å². The number of carbonyl (C=O) groups excluding carboxylic acids is 1. The van der Waals surface area contributed by atoms with Crippen LogP contribution in [0.5, 0.6) is 0 Å². The molecule has 2 heterocycles. The lowest BCUT2D eigenvalue weighted by Gasteiger charge is -2.37. The number of hydrogen-bond donors (Lipinski definition) is 2. The number of aryl methyl sites for hydroxylation is 1. The van der Waals surface area contributed by atoms with Crippen molar-refractivity contribution in [3.8, 4) is 0 Å². The number of piperidine rings is 1. The first kappa shape index (κ1) is 15.4. The van der Waals surface area contributed by atoms with E-state index in [1.165, 1.54) is 0 Å². The van der Waals surface area contributed by atoms with Gasteiger partial charge in [-0.1, -0.05) is 11.6 Å². The Bertz CT molecular complexity index is 461. The molecule has 2 N–H and O–H groups in total. The summed E-state index contributed by atoms with van der Waals surface area (Å²) in [7, 11) is 3.53. The topological polar surface area (TPSA) is 55.3 Å². The molecule has 1 aromatic rings. The summed E-state index contributed by atoms with van der Waals surface area (Å²) in [6.45, 7) is 3.23. The van der Waals surface area contributed by atoms with Gasteiger partial charge in [0.05, 0.1) is 11.6 Å². The average molecular weight is 300 g/mol. The van der Waals surface area contributed by atoms with E-state index in [4.69, 9.17) is 16.3 Å². The monoisotopic (exact) mass is 299 g/mol. The molecular weight excluding hydrogens is 278 g/mol. The third kappa shape index (κ3) is 3.53. The average Bonchev–Trinajstić information content (AvgIpc) is 2.77. The Kier molecular flexibility index (Phi) is 5.07. The van der Waals surface area contributed by atoms with Gasteiger partial charge in [0.15, 0.2) is 0 Å². The Labute approximate surface area is 124 Å². The van der Waals surface area contributed by atoms with Gasteiger partial charge in [0, 0.05) is 32.3 Å². The predicted octanol–water partition coefficient (Wildman–Crippen LogP) is 1.42. The third-order valence-electron chi connectivity index (χ3n) is 3.94. The maximum atomic E-state index is 12.2. The molecule has 0 atom stereocenters. The molecule has 0 spiro atoms. The lowest BCUT2D eigenvalue weighted by molar-refractivity contribution is 0.0510. The van der Waals surface area contributed by atoms with Crippen molar-refractivity contribution in [1.82, 2.24) is 15.2 Å². The quantitative estimate of drug-likeness (QED) is 0.865. The molecule has 0 saturated carbocycles. The molecule has 0 aromatic carbocycles. The summed E-state index contributed by atoms with van der Waals surface area (Å²) in [6.07, 6.45) is 3.75. The van der Waals surface area contributed by atoms with Gasteiger partial charge < -0.3 is 19.9 Å². The van der Waals surface area contributed by atoms with Crippen molar-refractivity contribution in [2.24, 2.45) is 12.5 Å². The van der Waals surface area contributed by atoms with E-state index in [1.54, 1.807) is 23.9 Å².